The normalized spacial score (nSPS) is 12.2. The lowest BCUT2D eigenvalue weighted by Gasteiger charge is -2.11. The number of phenolic OH excluding ortho intramolecular Hbond substituents is 1. The summed E-state index contributed by atoms with van der Waals surface area (Å²) >= 11 is 0. The van der Waals surface area contributed by atoms with E-state index in [0.717, 1.165) is 5.56 Å². The molecule has 0 aliphatic rings. The monoisotopic (exact) mass is 209 g/mol. The number of methoxy groups -OCH3 is 1. The van der Waals surface area contributed by atoms with Crippen LogP contribution >= 0.6 is 0 Å². The summed E-state index contributed by atoms with van der Waals surface area (Å²) in [5, 5.41) is 12.0. The number of phenols is 1. The summed E-state index contributed by atoms with van der Waals surface area (Å²) in [6.45, 7) is 3.44. The first-order valence-electron chi connectivity index (χ1n) is 4.68. The molecule has 0 heterocycles. The molecule has 0 saturated carbocycles. The van der Waals surface area contributed by atoms with E-state index < -0.39 is 6.10 Å². The van der Waals surface area contributed by atoms with Gasteiger partial charge in [0.1, 0.15) is 11.9 Å². The maximum atomic E-state index is 11.4. The molecule has 4 heteroatoms. The predicted octanol–water partition coefficient (Wildman–Crippen LogP) is 1.67. The van der Waals surface area contributed by atoms with E-state index in [4.69, 9.17) is 4.74 Å². The third-order valence-corrected chi connectivity index (χ3v) is 2.19. The third kappa shape index (κ3) is 2.95. The minimum absolute atomic E-state index is 0.206. The van der Waals surface area contributed by atoms with Crippen LogP contribution in [-0.2, 0) is 9.53 Å². The average molecular weight is 209 g/mol. The molecule has 15 heavy (non-hydrogen) atoms. The van der Waals surface area contributed by atoms with Gasteiger partial charge in [-0.05, 0) is 37.6 Å². The molecule has 0 aromatic heterocycles. The van der Waals surface area contributed by atoms with E-state index in [2.05, 4.69) is 5.32 Å². The van der Waals surface area contributed by atoms with E-state index in [1.807, 2.05) is 0 Å². The summed E-state index contributed by atoms with van der Waals surface area (Å²) in [5.74, 6) is 0.00961. The molecule has 1 amide bonds. The molecule has 1 atom stereocenters. The minimum Gasteiger partial charge on any atom is -0.508 e. The van der Waals surface area contributed by atoms with Gasteiger partial charge in [0.05, 0.1) is 0 Å². The first-order valence-corrected chi connectivity index (χ1v) is 4.68. The number of nitrogens with one attached hydrogen (secondary N) is 1. The SMILES string of the molecule is COC(C)C(=O)Nc1ccc(O)c(C)c1. The van der Waals surface area contributed by atoms with E-state index in [-0.39, 0.29) is 11.7 Å². The summed E-state index contributed by atoms with van der Waals surface area (Å²) < 4.78 is 4.88. The van der Waals surface area contributed by atoms with Crippen molar-refractivity contribution >= 4 is 11.6 Å². The van der Waals surface area contributed by atoms with Crippen molar-refractivity contribution in [3.63, 3.8) is 0 Å². The highest BCUT2D eigenvalue weighted by atomic mass is 16.5. The Morgan fingerprint density at radius 3 is 2.73 bits per heavy atom. The van der Waals surface area contributed by atoms with Gasteiger partial charge in [-0.1, -0.05) is 0 Å². The van der Waals surface area contributed by atoms with Gasteiger partial charge >= 0.3 is 0 Å². The second kappa shape index (κ2) is 4.79. The second-order valence-corrected chi connectivity index (χ2v) is 3.37. The number of aryl methyl sites for hydroxylation is 1. The molecule has 1 aromatic carbocycles. The van der Waals surface area contributed by atoms with Crippen LogP contribution in [0, 0.1) is 6.92 Å². The highest BCUT2D eigenvalue weighted by molar-refractivity contribution is 5.94. The topological polar surface area (TPSA) is 58.6 Å². The molecule has 2 N–H and O–H groups in total. The molecule has 0 fully saturated rings. The molecule has 4 nitrogen and oxygen atoms in total. The zero-order valence-electron chi connectivity index (χ0n) is 9.07. The molecule has 1 unspecified atom stereocenters. The van der Waals surface area contributed by atoms with Gasteiger partial charge in [-0.2, -0.15) is 0 Å². The maximum absolute atomic E-state index is 11.4. The van der Waals surface area contributed by atoms with Gasteiger partial charge < -0.3 is 15.2 Å². The van der Waals surface area contributed by atoms with Crippen molar-refractivity contribution in [3.8, 4) is 5.75 Å². The van der Waals surface area contributed by atoms with Crippen molar-refractivity contribution < 1.29 is 14.6 Å². The Balaban J connectivity index is 2.73. The molecular weight excluding hydrogens is 194 g/mol. The van der Waals surface area contributed by atoms with Crippen molar-refractivity contribution in [1.29, 1.82) is 0 Å². The van der Waals surface area contributed by atoms with Crippen molar-refractivity contribution in [3.05, 3.63) is 23.8 Å². The summed E-state index contributed by atoms with van der Waals surface area (Å²) in [6, 6.07) is 4.89. The van der Waals surface area contributed by atoms with E-state index >= 15 is 0 Å². The van der Waals surface area contributed by atoms with Crippen molar-refractivity contribution in [2.45, 2.75) is 20.0 Å². The van der Waals surface area contributed by atoms with Crippen LogP contribution in [0.5, 0.6) is 5.75 Å². The van der Waals surface area contributed by atoms with Crippen LogP contribution < -0.4 is 5.32 Å². The van der Waals surface area contributed by atoms with E-state index in [1.165, 1.54) is 7.11 Å². The van der Waals surface area contributed by atoms with Crippen molar-refractivity contribution in [2.24, 2.45) is 0 Å². The molecule has 0 aliphatic carbocycles. The van der Waals surface area contributed by atoms with Crippen LogP contribution in [0.4, 0.5) is 5.69 Å². The Labute approximate surface area is 88.9 Å². The van der Waals surface area contributed by atoms with Gasteiger partial charge in [0, 0.05) is 12.8 Å². The summed E-state index contributed by atoms with van der Waals surface area (Å²) in [7, 11) is 1.48. The van der Waals surface area contributed by atoms with Gasteiger partial charge in [0.25, 0.3) is 5.91 Å². The molecule has 0 bridgehead atoms. The van der Waals surface area contributed by atoms with Gasteiger partial charge in [-0.15, -0.1) is 0 Å². The number of carbonyl (C=O) groups excluding carboxylic acids is 1. The maximum Gasteiger partial charge on any atom is 0.253 e. The Morgan fingerprint density at radius 1 is 1.53 bits per heavy atom. The smallest absolute Gasteiger partial charge is 0.253 e. The predicted molar refractivity (Wildman–Crippen MR) is 57.9 cm³/mol. The number of anilines is 1. The molecule has 1 rings (SSSR count). The fourth-order valence-electron chi connectivity index (χ4n) is 1.08. The second-order valence-electron chi connectivity index (χ2n) is 3.37. The number of amides is 1. The zero-order chi connectivity index (χ0) is 11.4. The van der Waals surface area contributed by atoms with Gasteiger partial charge in [0.2, 0.25) is 0 Å². The molecule has 1 aromatic rings. The van der Waals surface area contributed by atoms with Crippen LogP contribution in [0.3, 0.4) is 0 Å². The standard InChI is InChI=1S/C11H15NO3/c1-7-6-9(4-5-10(7)13)12-11(14)8(2)15-3/h4-6,8,13H,1-3H3,(H,12,14). The first-order chi connectivity index (χ1) is 7.04. The number of carbonyl (C=O) groups is 1. The number of benzene rings is 1. The first kappa shape index (κ1) is 11.5. The third-order valence-electron chi connectivity index (χ3n) is 2.19. The fraction of sp³-hybridized carbons (Fsp3) is 0.364. The summed E-state index contributed by atoms with van der Waals surface area (Å²) in [5.41, 5.74) is 1.37. The van der Waals surface area contributed by atoms with Crippen molar-refractivity contribution in [2.75, 3.05) is 12.4 Å². The van der Waals surface area contributed by atoms with Crippen LogP contribution in [0.25, 0.3) is 0 Å². The molecule has 0 saturated heterocycles. The average Bonchev–Trinajstić information content (AvgIpc) is 2.22. The minimum atomic E-state index is -0.487. The van der Waals surface area contributed by atoms with E-state index in [0.29, 0.717) is 5.69 Å². The van der Waals surface area contributed by atoms with Gasteiger partial charge in [0.15, 0.2) is 0 Å². The Morgan fingerprint density at radius 2 is 2.20 bits per heavy atom. The Bertz CT molecular complexity index is 363. The van der Waals surface area contributed by atoms with Crippen LogP contribution in [0.1, 0.15) is 12.5 Å². The molecule has 82 valence electrons. The highest BCUT2D eigenvalue weighted by Crippen LogP contribution is 2.20. The number of hydrogen-bond donors (Lipinski definition) is 2. The van der Waals surface area contributed by atoms with Crippen LogP contribution in [-0.4, -0.2) is 24.2 Å². The van der Waals surface area contributed by atoms with Crippen molar-refractivity contribution in [1.82, 2.24) is 0 Å². The van der Waals surface area contributed by atoms with Gasteiger partial charge in [-0.25, -0.2) is 0 Å². The quantitative estimate of drug-likeness (QED) is 0.744. The number of aromatic hydroxyl groups is 1. The Kier molecular flexibility index (Phi) is 3.68. The van der Waals surface area contributed by atoms with Crippen LogP contribution in [0.15, 0.2) is 18.2 Å². The van der Waals surface area contributed by atoms with Gasteiger partial charge in [-0.3, -0.25) is 4.79 Å². The lowest BCUT2D eigenvalue weighted by atomic mass is 10.2. The highest BCUT2D eigenvalue weighted by Gasteiger charge is 2.11. The molecule has 0 spiro atoms. The largest absolute Gasteiger partial charge is 0.508 e. The molecular formula is C11H15NO3. The molecule has 0 aliphatic heterocycles. The van der Waals surface area contributed by atoms with Crippen LogP contribution in [0.2, 0.25) is 0 Å². The fourth-order valence-corrected chi connectivity index (χ4v) is 1.08. The molecule has 0 radical (unpaired) electrons. The van der Waals surface area contributed by atoms with E-state index in [1.54, 1.807) is 32.0 Å². The number of hydrogen-bond acceptors (Lipinski definition) is 3. The lowest BCUT2D eigenvalue weighted by Crippen LogP contribution is -2.26. The zero-order valence-corrected chi connectivity index (χ0v) is 9.07. The summed E-state index contributed by atoms with van der Waals surface area (Å²) in [6.07, 6.45) is -0.487. The van der Waals surface area contributed by atoms with E-state index in [9.17, 15) is 9.90 Å². The number of rotatable bonds is 3. The number of ether oxygens (including phenoxy) is 1. The summed E-state index contributed by atoms with van der Waals surface area (Å²) in [4.78, 5) is 11.4. The Hall–Kier alpha value is -1.55. The lowest BCUT2D eigenvalue weighted by molar-refractivity contribution is -0.124.